The molecule has 0 bridgehead atoms. The van der Waals surface area contributed by atoms with Gasteiger partial charge in [0, 0.05) is 25.5 Å². The first kappa shape index (κ1) is 17.8. The van der Waals surface area contributed by atoms with E-state index in [4.69, 9.17) is 15.1 Å². The second-order valence-corrected chi connectivity index (χ2v) is 4.66. The van der Waals surface area contributed by atoms with Gasteiger partial charge in [-0.3, -0.25) is 4.79 Å². The highest BCUT2D eigenvalue weighted by molar-refractivity contribution is 6.62. The van der Waals surface area contributed by atoms with Crippen molar-refractivity contribution in [3.8, 4) is 5.75 Å². The molecule has 0 aromatic heterocycles. The number of amides is 1. The van der Waals surface area contributed by atoms with Crippen LogP contribution >= 0.6 is 12.4 Å². The first-order valence-electron chi connectivity index (χ1n) is 6.67. The molecule has 6 nitrogen and oxygen atoms in total. The number of ether oxygens (including phenoxy) is 1. The Bertz CT molecular complexity index is 489. The van der Waals surface area contributed by atoms with Crippen molar-refractivity contribution in [1.82, 2.24) is 5.32 Å². The second-order valence-electron chi connectivity index (χ2n) is 4.66. The Balaban J connectivity index is 0.00000220. The fourth-order valence-electron chi connectivity index (χ4n) is 2.23. The van der Waals surface area contributed by atoms with Crippen molar-refractivity contribution in [2.75, 3.05) is 19.7 Å². The third-order valence-corrected chi connectivity index (χ3v) is 3.15. The van der Waals surface area contributed by atoms with Gasteiger partial charge in [-0.05, 0) is 18.1 Å². The lowest BCUT2D eigenvalue weighted by Gasteiger charge is -2.11. The van der Waals surface area contributed by atoms with E-state index in [2.05, 4.69) is 5.32 Å². The smallest absolute Gasteiger partial charge is 0.494 e. The van der Waals surface area contributed by atoms with E-state index >= 15 is 0 Å². The third-order valence-electron chi connectivity index (χ3n) is 3.15. The number of rotatable bonds is 6. The van der Waals surface area contributed by atoms with Gasteiger partial charge in [0.25, 0.3) is 0 Å². The van der Waals surface area contributed by atoms with Crippen LogP contribution < -0.4 is 21.3 Å². The molecule has 0 saturated carbocycles. The molecule has 1 aliphatic heterocycles. The van der Waals surface area contributed by atoms with Crippen LogP contribution in [0.4, 0.5) is 0 Å². The molecule has 1 aromatic carbocycles. The van der Waals surface area contributed by atoms with Gasteiger partial charge in [0.05, 0.1) is 12.7 Å². The summed E-state index contributed by atoms with van der Waals surface area (Å²) in [5, 5.41) is 12.6. The summed E-state index contributed by atoms with van der Waals surface area (Å²) in [4.78, 5) is 10.7. The van der Waals surface area contributed by atoms with Gasteiger partial charge in [-0.25, -0.2) is 0 Å². The van der Waals surface area contributed by atoms with Crippen LogP contribution in [0.15, 0.2) is 18.2 Å². The average Bonchev–Trinajstić information content (AvgIpc) is 2.75. The Morgan fingerprint density at radius 3 is 3.00 bits per heavy atom. The Morgan fingerprint density at radius 1 is 1.57 bits per heavy atom. The van der Waals surface area contributed by atoms with E-state index < -0.39 is 7.12 Å². The molecule has 2 rings (SSSR count). The maximum atomic E-state index is 10.7. The topological polar surface area (TPSA) is 93.8 Å². The zero-order valence-electron chi connectivity index (χ0n) is 11.9. The largest absolute Gasteiger partial charge is 0.495 e. The minimum Gasteiger partial charge on any atom is -0.494 e. The van der Waals surface area contributed by atoms with Crippen molar-refractivity contribution in [2.24, 2.45) is 5.73 Å². The SMILES string of the molecule is CC(=O)NCCCOc1cccc2c1B(O)OC2CN.Cl. The monoisotopic (exact) mass is 314 g/mol. The van der Waals surface area contributed by atoms with E-state index in [1.165, 1.54) is 6.92 Å². The molecule has 1 unspecified atom stereocenters. The minimum atomic E-state index is -0.995. The molecule has 0 aliphatic carbocycles. The van der Waals surface area contributed by atoms with E-state index in [0.29, 0.717) is 37.3 Å². The van der Waals surface area contributed by atoms with Crippen LogP contribution in [-0.4, -0.2) is 37.7 Å². The minimum absolute atomic E-state index is 0. The predicted octanol–water partition coefficient (Wildman–Crippen LogP) is -0.269. The normalized spacial score (nSPS) is 16.1. The zero-order valence-corrected chi connectivity index (χ0v) is 12.7. The molecular weight excluding hydrogens is 294 g/mol. The van der Waals surface area contributed by atoms with Crippen molar-refractivity contribution in [1.29, 1.82) is 0 Å². The van der Waals surface area contributed by atoms with Gasteiger partial charge in [0.2, 0.25) is 5.91 Å². The molecule has 1 heterocycles. The van der Waals surface area contributed by atoms with Crippen LogP contribution in [0.2, 0.25) is 0 Å². The van der Waals surface area contributed by atoms with Crippen LogP contribution in [0.25, 0.3) is 0 Å². The van der Waals surface area contributed by atoms with Crippen molar-refractivity contribution < 1.29 is 19.2 Å². The predicted molar refractivity (Wildman–Crippen MR) is 83.0 cm³/mol. The molecule has 1 aromatic rings. The number of carbonyl (C=O) groups is 1. The van der Waals surface area contributed by atoms with Crippen molar-refractivity contribution in [3.05, 3.63) is 23.8 Å². The molecular formula is C13H20BClN2O4. The molecule has 0 fully saturated rings. The van der Waals surface area contributed by atoms with Gasteiger partial charge < -0.3 is 25.5 Å². The summed E-state index contributed by atoms with van der Waals surface area (Å²) < 4.78 is 11.0. The standard InChI is InChI=1S/C13H19BN2O4.ClH/c1-9(17)16-6-3-7-19-11-5-2-4-10-12(8-15)20-14(18)13(10)11;/h2,4-5,12,18H,3,6-8,15H2,1H3,(H,16,17);1H. The van der Waals surface area contributed by atoms with E-state index in [0.717, 1.165) is 5.56 Å². The zero-order chi connectivity index (χ0) is 14.5. The first-order valence-corrected chi connectivity index (χ1v) is 6.67. The van der Waals surface area contributed by atoms with E-state index in [-0.39, 0.29) is 24.4 Å². The van der Waals surface area contributed by atoms with Crippen molar-refractivity contribution in [2.45, 2.75) is 19.4 Å². The number of carbonyl (C=O) groups excluding carboxylic acids is 1. The van der Waals surface area contributed by atoms with E-state index in [9.17, 15) is 9.82 Å². The average molecular weight is 315 g/mol. The summed E-state index contributed by atoms with van der Waals surface area (Å²) in [6.45, 7) is 2.81. The highest BCUT2D eigenvalue weighted by atomic mass is 35.5. The molecule has 0 radical (unpaired) electrons. The number of nitrogens with two attached hydrogens (primary N) is 1. The Kier molecular flexibility index (Phi) is 6.97. The van der Waals surface area contributed by atoms with Crippen molar-refractivity contribution in [3.63, 3.8) is 0 Å². The number of hydrogen-bond acceptors (Lipinski definition) is 5. The quantitative estimate of drug-likeness (QED) is 0.496. The van der Waals surface area contributed by atoms with Gasteiger partial charge in [0.1, 0.15) is 5.75 Å². The fourth-order valence-corrected chi connectivity index (χ4v) is 2.23. The van der Waals surface area contributed by atoms with Crippen LogP contribution in [-0.2, 0) is 9.45 Å². The first-order chi connectivity index (χ1) is 9.63. The molecule has 1 aliphatic rings. The molecule has 1 atom stereocenters. The number of hydrogen-bond donors (Lipinski definition) is 3. The van der Waals surface area contributed by atoms with Gasteiger partial charge in [-0.2, -0.15) is 0 Å². The number of halogens is 1. The van der Waals surface area contributed by atoms with Crippen molar-refractivity contribution >= 4 is 30.9 Å². The Morgan fingerprint density at radius 2 is 2.33 bits per heavy atom. The number of nitrogens with one attached hydrogen (secondary N) is 1. The summed E-state index contributed by atoms with van der Waals surface area (Å²) >= 11 is 0. The summed E-state index contributed by atoms with van der Waals surface area (Å²) in [5.41, 5.74) is 7.14. The molecule has 8 heteroatoms. The molecule has 21 heavy (non-hydrogen) atoms. The molecule has 0 saturated heterocycles. The van der Waals surface area contributed by atoms with Gasteiger partial charge in [-0.1, -0.05) is 12.1 Å². The van der Waals surface area contributed by atoms with Gasteiger partial charge in [-0.15, -0.1) is 12.4 Å². The van der Waals surface area contributed by atoms with Gasteiger partial charge in [0.15, 0.2) is 0 Å². The lowest BCUT2D eigenvalue weighted by Crippen LogP contribution is -2.30. The van der Waals surface area contributed by atoms with E-state index in [1.807, 2.05) is 12.1 Å². The number of benzene rings is 1. The lowest BCUT2D eigenvalue weighted by molar-refractivity contribution is -0.118. The van der Waals surface area contributed by atoms with Crippen LogP contribution in [0, 0.1) is 0 Å². The van der Waals surface area contributed by atoms with E-state index in [1.54, 1.807) is 6.07 Å². The van der Waals surface area contributed by atoms with Gasteiger partial charge >= 0.3 is 7.12 Å². The Labute approximate surface area is 130 Å². The maximum Gasteiger partial charge on any atom is 0.495 e. The lowest BCUT2D eigenvalue weighted by atomic mass is 9.78. The summed E-state index contributed by atoms with van der Waals surface area (Å²) in [5.74, 6) is 0.550. The fraction of sp³-hybridized carbons (Fsp3) is 0.462. The van der Waals surface area contributed by atoms with Crippen LogP contribution in [0.5, 0.6) is 5.75 Å². The molecule has 0 spiro atoms. The third kappa shape index (κ3) is 4.34. The number of fused-ring (bicyclic) bond motifs is 1. The Hall–Kier alpha value is -1.28. The summed E-state index contributed by atoms with van der Waals surface area (Å²) in [7, 11) is -0.995. The van der Waals surface area contributed by atoms with Crippen LogP contribution in [0.3, 0.4) is 0 Å². The van der Waals surface area contributed by atoms with Crippen LogP contribution in [0.1, 0.15) is 25.0 Å². The molecule has 1 amide bonds. The maximum absolute atomic E-state index is 10.7. The molecule has 4 N–H and O–H groups in total. The highest BCUT2D eigenvalue weighted by Gasteiger charge is 2.37. The molecule has 116 valence electrons. The summed E-state index contributed by atoms with van der Waals surface area (Å²) in [6.07, 6.45) is 0.406. The second kappa shape index (κ2) is 8.24. The highest BCUT2D eigenvalue weighted by Crippen LogP contribution is 2.26. The summed E-state index contributed by atoms with van der Waals surface area (Å²) in [6, 6.07) is 5.53.